The highest BCUT2D eigenvalue weighted by atomic mass is 16.7. The van der Waals surface area contributed by atoms with Gasteiger partial charge in [-0.15, -0.1) is 0 Å². The Kier molecular flexibility index (Phi) is 5.48. The summed E-state index contributed by atoms with van der Waals surface area (Å²) in [6.45, 7) is 2.10. The molecule has 0 amide bonds. The summed E-state index contributed by atoms with van der Waals surface area (Å²) in [4.78, 5) is 23.2. The normalized spacial score (nSPS) is 14.0. The molecule has 0 fully saturated rings. The van der Waals surface area contributed by atoms with Crippen LogP contribution >= 0.6 is 0 Å². The van der Waals surface area contributed by atoms with Crippen LogP contribution in [0.5, 0.6) is 5.75 Å². The molecule has 0 N–H and O–H groups in total. The van der Waals surface area contributed by atoms with Crippen LogP contribution in [0, 0.1) is 10.1 Å². The Balaban J connectivity index is 1.79. The minimum Gasteiger partial charge on any atom is -0.467 e. The van der Waals surface area contributed by atoms with E-state index in [-0.39, 0.29) is 37.6 Å². The van der Waals surface area contributed by atoms with Crippen LogP contribution in [-0.4, -0.2) is 17.7 Å². The molecule has 0 saturated heterocycles. The van der Waals surface area contributed by atoms with Gasteiger partial charge in [0.25, 0.3) is 5.69 Å². The topological polar surface area (TPSA) is 87.9 Å². The molecule has 0 unspecified atom stereocenters. The maximum absolute atomic E-state index is 12.5. The van der Waals surface area contributed by atoms with Crippen molar-refractivity contribution in [3.8, 4) is 5.75 Å². The number of nitro groups is 1. The number of benzene rings is 2. The predicted molar refractivity (Wildman–Crippen MR) is 92.7 cm³/mol. The molecular weight excluding hydrogens is 338 g/mol. The van der Waals surface area contributed by atoms with Gasteiger partial charge in [-0.2, -0.15) is 0 Å². The van der Waals surface area contributed by atoms with Gasteiger partial charge in [0.2, 0.25) is 0 Å². The Labute approximate surface area is 150 Å². The van der Waals surface area contributed by atoms with Crippen molar-refractivity contribution in [2.24, 2.45) is 0 Å². The Morgan fingerprint density at radius 2 is 2.08 bits per heavy atom. The average Bonchev–Trinajstić information content (AvgIpc) is 2.67. The van der Waals surface area contributed by atoms with Crippen LogP contribution in [0.1, 0.15) is 36.0 Å². The molecule has 0 aromatic heterocycles. The molecule has 3 rings (SSSR count). The van der Waals surface area contributed by atoms with Crippen molar-refractivity contribution >= 4 is 11.7 Å². The van der Waals surface area contributed by atoms with Gasteiger partial charge >= 0.3 is 5.97 Å². The first kappa shape index (κ1) is 17.9. The van der Waals surface area contributed by atoms with Gasteiger partial charge in [-0.3, -0.25) is 14.9 Å². The van der Waals surface area contributed by atoms with Gasteiger partial charge in [-0.05, 0) is 12.0 Å². The predicted octanol–water partition coefficient (Wildman–Crippen LogP) is 3.70. The van der Waals surface area contributed by atoms with Gasteiger partial charge in [-0.25, -0.2) is 0 Å². The van der Waals surface area contributed by atoms with Crippen molar-refractivity contribution in [3.05, 3.63) is 69.3 Å². The number of nitrogens with zero attached hydrogens (tertiary/aromatic N) is 1. The average molecular weight is 357 g/mol. The van der Waals surface area contributed by atoms with Crippen molar-refractivity contribution in [2.75, 3.05) is 6.79 Å². The number of nitro benzene ring substituents is 1. The van der Waals surface area contributed by atoms with E-state index >= 15 is 0 Å². The van der Waals surface area contributed by atoms with Gasteiger partial charge in [-0.1, -0.05) is 37.3 Å². The van der Waals surface area contributed by atoms with E-state index in [9.17, 15) is 14.9 Å². The highest BCUT2D eigenvalue weighted by molar-refractivity contribution is 5.78. The van der Waals surface area contributed by atoms with Gasteiger partial charge < -0.3 is 14.2 Å². The Bertz CT molecular complexity index is 805. The quantitative estimate of drug-likeness (QED) is 0.445. The summed E-state index contributed by atoms with van der Waals surface area (Å²) in [6, 6.07) is 12.2. The molecule has 26 heavy (non-hydrogen) atoms. The maximum Gasteiger partial charge on any atom is 0.313 e. The summed E-state index contributed by atoms with van der Waals surface area (Å²) in [5, 5.41) is 11.1. The van der Waals surface area contributed by atoms with Crippen LogP contribution in [0.4, 0.5) is 5.69 Å². The molecule has 7 nitrogen and oxygen atoms in total. The zero-order valence-corrected chi connectivity index (χ0v) is 14.3. The molecule has 0 saturated carbocycles. The highest BCUT2D eigenvalue weighted by Gasteiger charge is 2.24. The van der Waals surface area contributed by atoms with E-state index in [1.54, 1.807) is 0 Å². The summed E-state index contributed by atoms with van der Waals surface area (Å²) in [5.41, 5.74) is 1.84. The summed E-state index contributed by atoms with van der Waals surface area (Å²) in [5.74, 6) is -0.261. The number of carbonyl (C=O) groups is 1. The van der Waals surface area contributed by atoms with Crippen LogP contribution < -0.4 is 4.74 Å². The van der Waals surface area contributed by atoms with Crippen LogP contribution in [0.15, 0.2) is 42.5 Å². The number of non-ortho nitro benzene ring substituents is 1. The Morgan fingerprint density at radius 3 is 2.77 bits per heavy atom. The van der Waals surface area contributed by atoms with Crippen molar-refractivity contribution in [2.45, 2.75) is 32.5 Å². The van der Waals surface area contributed by atoms with Gasteiger partial charge in [0.1, 0.15) is 12.4 Å². The molecule has 0 bridgehead atoms. The number of carbonyl (C=O) groups excluding carboxylic acids is 1. The molecule has 0 aliphatic carbocycles. The lowest BCUT2D eigenvalue weighted by Gasteiger charge is -2.21. The summed E-state index contributed by atoms with van der Waals surface area (Å²) < 4.78 is 16.1. The third kappa shape index (κ3) is 3.83. The minimum atomic E-state index is -0.487. The van der Waals surface area contributed by atoms with Crippen molar-refractivity contribution in [1.82, 2.24) is 0 Å². The Hall–Kier alpha value is -2.93. The summed E-state index contributed by atoms with van der Waals surface area (Å²) >= 11 is 0. The highest BCUT2D eigenvalue weighted by Crippen LogP contribution is 2.33. The fourth-order valence-electron chi connectivity index (χ4n) is 2.97. The van der Waals surface area contributed by atoms with E-state index in [1.807, 2.05) is 37.3 Å². The second-order valence-electron chi connectivity index (χ2n) is 5.94. The molecule has 0 radical (unpaired) electrons. The zero-order chi connectivity index (χ0) is 18.5. The second kappa shape index (κ2) is 7.97. The van der Waals surface area contributed by atoms with Crippen LogP contribution in [0.2, 0.25) is 0 Å². The molecule has 1 aliphatic rings. The molecular formula is C19H19NO6. The fraction of sp³-hybridized carbons (Fsp3) is 0.316. The first-order chi connectivity index (χ1) is 12.6. The maximum atomic E-state index is 12.5. The first-order valence-corrected chi connectivity index (χ1v) is 8.32. The van der Waals surface area contributed by atoms with E-state index in [0.717, 1.165) is 5.56 Å². The van der Waals surface area contributed by atoms with Crippen LogP contribution in [0.3, 0.4) is 0 Å². The van der Waals surface area contributed by atoms with E-state index in [1.165, 1.54) is 12.1 Å². The number of hydrogen-bond acceptors (Lipinski definition) is 6. The zero-order valence-electron chi connectivity index (χ0n) is 14.3. The van der Waals surface area contributed by atoms with Crippen molar-refractivity contribution < 1.29 is 23.9 Å². The van der Waals surface area contributed by atoms with E-state index in [2.05, 4.69) is 0 Å². The molecule has 7 heteroatoms. The summed E-state index contributed by atoms with van der Waals surface area (Å²) in [6.07, 6.45) is 0.597. The molecule has 136 valence electrons. The third-order valence-corrected chi connectivity index (χ3v) is 4.25. The lowest BCUT2D eigenvalue weighted by molar-refractivity contribution is -0.385. The van der Waals surface area contributed by atoms with Crippen molar-refractivity contribution in [3.63, 3.8) is 0 Å². The second-order valence-corrected chi connectivity index (χ2v) is 5.94. The number of fused-ring (bicyclic) bond motifs is 1. The van der Waals surface area contributed by atoms with Crippen LogP contribution in [-0.2, 0) is 27.5 Å². The Morgan fingerprint density at radius 1 is 1.31 bits per heavy atom. The SMILES string of the molecule is CC[C@H](C(=O)OCc1cc([N+](=O)[O-])cc2c1OCOC2)c1ccccc1. The lowest BCUT2D eigenvalue weighted by Crippen LogP contribution is -2.17. The molecule has 0 spiro atoms. The smallest absolute Gasteiger partial charge is 0.313 e. The molecule has 2 aromatic rings. The number of rotatable bonds is 6. The fourth-order valence-corrected chi connectivity index (χ4v) is 2.97. The first-order valence-electron chi connectivity index (χ1n) is 8.32. The molecule has 1 heterocycles. The van der Waals surface area contributed by atoms with Crippen LogP contribution in [0.25, 0.3) is 0 Å². The lowest BCUT2D eigenvalue weighted by atomic mass is 9.97. The van der Waals surface area contributed by atoms with Gasteiger partial charge in [0.05, 0.1) is 17.4 Å². The number of esters is 1. The molecule has 1 aliphatic heterocycles. The van der Waals surface area contributed by atoms with Gasteiger partial charge in [0.15, 0.2) is 6.79 Å². The minimum absolute atomic E-state index is 0.0629. The van der Waals surface area contributed by atoms with E-state index in [0.29, 0.717) is 23.3 Å². The largest absolute Gasteiger partial charge is 0.467 e. The number of hydrogen-bond donors (Lipinski definition) is 0. The third-order valence-electron chi connectivity index (χ3n) is 4.25. The standard InChI is InChI=1S/C19H19NO6/c1-2-17(13-6-4-3-5-7-13)19(21)25-11-15-9-16(20(22)23)8-14-10-24-12-26-18(14)15/h3-9,17H,2,10-12H2,1H3/t17-/m0/s1. The molecule has 1 atom stereocenters. The monoisotopic (exact) mass is 357 g/mol. The number of ether oxygens (including phenoxy) is 3. The van der Waals surface area contributed by atoms with E-state index in [4.69, 9.17) is 14.2 Å². The summed E-state index contributed by atoms with van der Waals surface area (Å²) in [7, 11) is 0. The van der Waals surface area contributed by atoms with Crippen molar-refractivity contribution in [1.29, 1.82) is 0 Å². The van der Waals surface area contributed by atoms with E-state index < -0.39 is 4.92 Å². The van der Waals surface area contributed by atoms with Gasteiger partial charge in [0, 0.05) is 23.3 Å². The molecule has 2 aromatic carbocycles.